The molecule has 0 aromatic heterocycles. The number of nitrogens with one attached hydrogen (secondary N) is 1. The summed E-state index contributed by atoms with van der Waals surface area (Å²) < 4.78 is 0. The Labute approximate surface area is 118 Å². The molecule has 1 aliphatic heterocycles. The van der Waals surface area contributed by atoms with E-state index in [-0.39, 0.29) is 0 Å². The van der Waals surface area contributed by atoms with Gasteiger partial charge in [-0.1, -0.05) is 39.5 Å². The van der Waals surface area contributed by atoms with Crippen LogP contribution in [0, 0.1) is 5.41 Å². The highest BCUT2D eigenvalue weighted by atomic mass is 32.1. The van der Waals surface area contributed by atoms with Crippen molar-refractivity contribution in [2.75, 3.05) is 13.1 Å². The van der Waals surface area contributed by atoms with Gasteiger partial charge in [-0.15, -0.1) is 0 Å². The van der Waals surface area contributed by atoms with Crippen LogP contribution < -0.4 is 5.32 Å². The minimum Gasteiger partial charge on any atom is -0.360 e. The number of thiocarbonyl (C=S) groups is 1. The standard InChI is InChI=1S/C15H28N2S/c1-3-15(2)9-11-17(12-10-15)14(18)16-13-7-5-4-6-8-13/h13H,3-12H2,1-2H3,(H,16,18). The second-order valence-electron chi connectivity index (χ2n) is 6.44. The second kappa shape index (κ2) is 6.23. The van der Waals surface area contributed by atoms with Crippen LogP contribution in [0.15, 0.2) is 0 Å². The molecule has 1 saturated heterocycles. The summed E-state index contributed by atoms with van der Waals surface area (Å²) in [5.41, 5.74) is 0.553. The van der Waals surface area contributed by atoms with Crippen LogP contribution in [0.25, 0.3) is 0 Å². The van der Waals surface area contributed by atoms with Crippen LogP contribution in [0.4, 0.5) is 0 Å². The Bertz CT molecular complexity index is 276. The van der Waals surface area contributed by atoms with E-state index >= 15 is 0 Å². The van der Waals surface area contributed by atoms with Crippen molar-refractivity contribution in [3.8, 4) is 0 Å². The summed E-state index contributed by atoms with van der Waals surface area (Å²) in [5.74, 6) is 0. The zero-order valence-corrected chi connectivity index (χ0v) is 12.8. The molecule has 2 fully saturated rings. The Kier molecular flexibility index (Phi) is 4.88. The lowest BCUT2D eigenvalue weighted by Gasteiger charge is -2.41. The largest absolute Gasteiger partial charge is 0.360 e. The normalized spacial score (nSPS) is 24.9. The molecule has 0 radical (unpaired) electrons. The van der Waals surface area contributed by atoms with Gasteiger partial charge in [0.1, 0.15) is 0 Å². The predicted molar refractivity (Wildman–Crippen MR) is 81.8 cm³/mol. The first-order chi connectivity index (χ1) is 8.63. The van der Waals surface area contributed by atoms with Crippen molar-refractivity contribution in [1.29, 1.82) is 0 Å². The van der Waals surface area contributed by atoms with Gasteiger partial charge in [0.05, 0.1) is 0 Å². The quantitative estimate of drug-likeness (QED) is 0.769. The molecule has 2 rings (SSSR count). The minimum atomic E-state index is 0.553. The van der Waals surface area contributed by atoms with Crippen LogP contribution in [0.1, 0.15) is 65.2 Å². The first-order valence-corrected chi connectivity index (χ1v) is 8.09. The maximum Gasteiger partial charge on any atom is 0.169 e. The highest BCUT2D eigenvalue weighted by molar-refractivity contribution is 7.80. The molecule has 0 unspecified atom stereocenters. The zero-order valence-electron chi connectivity index (χ0n) is 12.0. The Morgan fingerprint density at radius 1 is 1.22 bits per heavy atom. The van der Waals surface area contributed by atoms with Gasteiger partial charge in [0.2, 0.25) is 0 Å². The monoisotopic (exact) mass is 268 g/mol. The highest BCUT2D eigenvalue weighted by Gasteiger charge is 2.29. The van der Waals surface area contributed by atoms with Gasteiger partial charge in [-0.25, -0.2) is 0 Å². The Balaban J connectivity index is 1.76. The summed E-state index contributed by atoms with van der Waals surface area (Å²) in [6, 6.07) is 0.644. The third-order valence-electron chi connectivity index (χ3n) is 5.04. The molecule has 0 aromatic rings. The molecule has 2 nitrogen and oxygen atoms in total. The van der Waals surface area contributed by atoms with Gasteiger partial charge in [-0.2, -0.15) is 0 Å². The average Bonchev–Trinajstić information content (AvgIpc) is 2.40. The molecule has 2 aliphatic rings. The lowest BCUT2D eigenvalue weighted by Crippen LogP contribution is -2.49. The van der Waals surface area contributed by atoms with E-state index in [0.29, 0.717) is 11.5 Å². The smallest absolute Gasteiger partial charge is 0.169 e. The van der Waals surface area contributed by atoms with Crippen molar-refractivity contribution in [3.63, 3.8) is 0 Å². The molecular formula is C15H28N2S. The third-order valence-corrected chi connectivity index (χ3v) is 5.42. The van der Waals surface area contributed by atoms with E-state index in [0.717, 1.165) is 18.2 Å². The molecule has 0 aromatic carbocycles. The Morgan fingerprint density at radius 3 is 2.39 bits per heavy atom. The van der Waals surface area contributed by atoms with Crippen molar-refractivity contribution in [1.82, 2.24) is 10.2 Å². The number of rotatable bonds is 2. The van der Waals surface area contributed by atoms with Crippen molar-refractivity contribution in [3.05, 3.63) is 0 Å². The topological polar surface area (TPSA) is 15.3 Å². The fourth-order valence-electron chi connectivity index (χ4n) is 3.12. The van der Waals surface area contributed by atoms with Crippen molar-refractivity contribution < 1.29 is 0 Å². The molecule has 1 N–H and O–H groups in total. The van der Waals surface area contributed by atoms with Crippen molar-refractivity contribution in [2.24, 2.45) is 5.41 Å². The first kappa shape index (κ1) is 14.1. The highest BCUT2D eigenvalue weighted by Crippen LogP contribution is 2.33. The van der Waals surface area contributed by atoms with Gasteiger partial charge in [0.25, 0.3) is 0 Å². The van der Waals surface area contributed by atoms with Gasteiger partial charge >= 0.3 is 0 Å². The summed E-state index contributed by atoms with van der Waals surface area (Å²) in [6.45, 7) is 7.02. The SMILES string of the molecule is CCC1(C)CCN(C(=S)NC2CCCCC2)CC1. The lowest BCUT2D eigenvalue weighted by atomic mass is 9.78. The fraction of sp³-hybridized carbons (Fsp3) is 0.933. The van der Waals surface area contributed by atoms with E-state index in [2.05, 4.69) is 24.1 Å². The number of nitrogens with zero attached hydrogens (tertiary/aromatic N) is 1. The minimum absolute atomic E-state index is 0.553. The lowest BCUT2D eigenvalue weighted by molar-refractivity contribution is 0.160. The van der Waals surface area contributed by atoms with Crippen LogP contribution in [0.3, 0.4) is 0 Å². The molecule has 3 heteroatoms. The van der Waals surface area contributed by atoms with Gasteiger partial charge < -0.3 is 10.2 Å². The number of piperidine rings is 1. The maximum absolute atomic E-state index is 5.58. The summed E-state index contributed by atoms with van der Waals surface area (Å²) >= 11 is 5.58. The molecule has 0 amide bonds. The molecule has 104 valence electrons. The molecular weight excluding hydrogens is 240 g/mol. The molecule has 0 atom stereocenters. The summed E-state index contributed by atoms with van der Waals surface area (Å²) in [7, 11) is 0. The average molecular weight is 268 g/mol. The van der Waals surface area contributed by atoms with Crippen LogP contribution >= 0.6 is 12.2 Å². The Morgan fingerprint density at radius 2 is 1.83 bits per heavy atom. The Hall–Kier alpha value is -0.310. The fourth-order valence-corrected chi connectivity index (χ4v) is 3.47. The van der Waals surface area contributed by atoms with E-state index < -0.39 is 0 Å². The van der Waals surface area contributed by atoms with E-state index in [4.69, 9.17) is 12.2 Å². The van der Waals surface area contributed by atoms with Crippen LogP contribution in [0.2, 0.25) is 0 Å². The van der Waals surface area contributed by atoms with Crippen molar-refractivity contribution in [2.45, 2.75) is 71.3 Å². The van der Waals surface area contributed by atoms with Gasteiger partial charge in [-0.3, -0.25) is 0 Å². The maximum atomic E-state index is 5.58. The molecule has 0 bridgehead atoms. The predicted octanol–water partition coefficient (Wildman–Crippen LogP) is 3.71. The summed E-state index contributed by atoms with van der Waals surface area (Å²) in [4.78, 5) is 2.39. The van der Waals surface area contributed by atoms with E-state index in [1.54, 1.807) is 0 Å². The van der Waals surface area contributed by atoms with Crippen LogP contribution in [-0.4, -0.2) is 29.1 Å². The second-order valence-corrected chi connectivity index (χ2v) is 6.82. The third kappa shape index (κ3) is 3.59. The molecule has 1 saturated carbocycles. The van der Waals surface area contributed by atoms with Crippen LogP contribution in [0.5, 0.6) is 0 Å². The van der Waals surface area contributed by atoms with E-state index in [1.165, 1.54) is 51.4 Å². The van der Waals surface area contributed by atoms with Gasteiger partial charge in [0, 0.05) is 19.1 Å². The zero-order chi connectivity index (χ0) is 13.0. The molecule has 0 spiro atoms. The van der Waals surface area contributed by atoms with E-state index in [1.807, 2.05) is 0 Å². The number of hydrogen-bond donors (Lipinski definition) is 1. The number of likely N-dealkylation sites (tertiary alicyclic amines) is 1. The molecule has 18 heavy (non-hydrogen) atoms. The van der Waals surface area contributed by atoms with Crippen LogP contribution in [-0.2, 0) is 0 Å². The summed E-state index contributed by atoms with van der Waals surface area (Å²) in [6.07, 6.45) is 10.6. The van der Waals surface area contributed by atoms with E-state index in [9.17, 15) is 0 Å². The first-order valence-electron chi connectivity index (χ1n) is 7.68. The van der Waals surface area contributed by atoms with Gasteiger partial charge in [-0.05, 0) is 43.3 Å². The summed E-state index contributed by atoms with van der Waals surface area (Å²) in [5, 5.41) is 4.61. The number of hydrogen-bond acceptors (Lipinski definition) is 1. The van der Waals surface area contributed by atoms with Crippen molar-refractivity contribution >= 4 is 17.3 Å². The molecule has 1 aliphatic carbocycles. The molecule has 1 heterocycles. The van der Waals surface area contributed by atoms with Gasteiger partial charge in [0.15, 0.2) is 5.11 Å².